The van der Waals surface area contributed by atoms with E-state index in [0.717, 1.165) is 19.5 Å². The summed E-state index contributed by atoms with van der Waals surface area (Å²) in [4.78, 5) is 25.2. The van der Waals surface area contributed by atoms with E-state index in [1.165, 1.54) is 0 Å². The van der Waals surface area contributed by atoms with Gasteiger partial charge in [0.15, 0.2) is 0 Å². The summed E-state index contributed by atoms with van der Waals surface area (Å²) in [5.74, 6) is -0.960. The molecule has 0 aromatic rings. The van der Waals surface area contributed by atoms with Gasteiger partial charge in [-0.25, -0.2) is 0 Å². The highest BCUT2D eigenvalue weighted by Gasteiger charge is 2.21. The highest BCUT2D eigenvalue weighted by atomic mass is 16.5. The monoisotopic (exact) mass is 287 g/mol. The Balaban J connectivity index is 2.10. The van der Waals surface area contributed by atoms with Crippen molar-refractivity contribution in [2.75, 3.05) is 59.7 Å². The normalized spacial score (nSPS) is 15.8. The molecule has 0 aromatic heterocycles. The van der Waals surface area contributed by atoms with Crippen LogP contribution in [-0.4, -0.2) is 76.4 Å². The predicted molar refractivity (Wildman–Crippen MR) is 74.4 cm³/mol. The second-order valence-corrected chi connectivity index (χ2v) is 4.61. The molecule has 1 rings (SSSR count). The lowest BCUT2D eigenvalue weighted by atomic mass is 10.3. The lowest BCUT2D eigenvalue weighted by molar-refractivity contribution is -0.145. The molecule has 0 aromatic carbocycles. The highest BCUT2D eigenvalue weighted by molar-refractivity contribution is 6.35. The fraction of sp³-hybridized carbons (Fsp3) is 0.846. The first-order valence-electron chi connectivity index (χ1n) is 7.10. The molecule has 116 valence electrons. The smallest absolute Gasteiger partial charge is 0.311 e. The number of carbonyl (C=O) groups is 2. The van der Waals surface area contributed by atoms with Crippen molar-refractivity contribution in [1.29, 1.82) is 0 Å². The van der Waals surface area contributed by atoms with Gasteiger partial charge in [0, 0.05) is 39.9 Å². The minimum absolute atomic E-state index is 0.436. The summed E-state index contributed by atoms with van der Waals surface area (Å²) in [5.41, 5.74) is 0. The molecule has 7 nitrogen and oxygen atoms in total. The first kappa shape index (κ1) is 16.9. The second kappa shape index (κ2) is 10.6. The third-order valence-corrected chi connectivity index (χ3v) is 3.00. The zero-order chi connectivity index (χ0) is 14.6. The van der Waals surface area contributed by atoms with Crippen molar-refractivity contribution >= 4 is 11.8 Å². The molecular formula is C13H25N3O4. The van der Waals surface area contributed by atoms with Gasteiger partial charge < -0.3 is 25.0 Å². The van der Waals surface area contributed by atoms with E-state index in [1.54, 1.807) is 12.0 Å². The molecular weight excluding hydrogens is 262 g/mol. The maximum absolute atomic E-state index is 11.9. The van der Waals surface area contributed by atoms with Crippen molar-refractivity contribution in [2.45, 2.75) is 12.8 Å². The van der Waals surface area contributed by atoms with Gasteiger partial charge in [-0.2, -0.15) is 0 Å². The fourth-order valence-electron chi connectivity index (χ4n) is 1.89. The molecule has 2 N–H and O–H groups in total. The maximum Gasteiger partial charge on any atom is 0.311 e. The number of carbonyl (C=O) groups excluding carboxylic acids is 2. The van der Waals surface area contributed by atoms with Crippen LogP contribution in [0.1, 0.15) is 12.8 Å². The summed E-state index contributed by atoms with van der Waals surface area (Å²) >= 11 is 0. The Morgan fingerprint density at radius 3 is 2.85 bits per heavy atom. The minimum atomic E-state index is -0.524. The third kappa shape index (κ3) is 6.83. The van der Waals surface area contributed by atoms with Crippen LogP contribution in [0.4, 0.5) is 0 Å². The van der Waals surface area contributed by atoms with Crippen molar-refractivity contribution in [2.24, 2.45) is 0 Å². The van der Waals surface area contributed by atoms with Crippen molar-refractivity contribution in [3.05, 3.63) is 0 Å². The Morgan fingerprint density at radius 1 is 1.20 bits per heavy atom. The number of ether oxygens (including phenoxy) is 2. The number of amides is 2. The topological polar surface area (TPSA) is 79.9 Å². The number of methoxy groups -OCH3 is 1. The standard InChI is InChI=1S/C13H25N3O4/c1-19-10-11-20-9-3-5-15-12(17)13(18)16-7-2-4-14-6-8-16/h14H,2-11H2,1H3,(H,15,17). The second-order valence-electron chi connectivity index (χ2n) is 4.61. The highest BCUT2D eigenvalue weighted by Crippen LogP contribution is 1.96. The Labute approximate surface area is 120 Å². The summed E-state index contributed by atoms with van der Waals surface area (Å²) in [6.07, 6.45) is 1.57. The summed E-state index contributed by atoms with van der Waals surface area (Å²) in [7, 11) is 1.62. The van der Waals surface area contributed by atoms with Crippen LogP contribution < -0.4 is 10.6 Å². The van der Waals surface area contributed by atoms with Crippen LogP contribution in [0.2, 0.25) is 0 Å². The molecule has 0 bridgehead atoms. The molecule has 1 saturated heterocycles. The van der Waals surface area contributed by atoms with Crippen LogP contribution in [0, 0.1) is 0 Å². The van der Waals surface area contributed by atoms with Crippen LogP contribution in [0.25, 0.3) is 0 Å². The van der Waals surface area contributed by atoms with E-state index in [9.17, 15) is 9.59 Å². The van der Waals surface area contributed by atoms with Gasteiger partial charge in [0.1, 0.15) is 0 Å². The molecule has 2 amide bonds. The number of hydrogen-bond acceptors (Lipinski definition) is 5. The molecule has 7 heteroatoms. The SMILES string of the molecule is COCCOCCCNC(=O)C(=O)N1CCCNCC1. The molecule has 0 radical (unpaired) electrons. The number of hydrogen-bond donors (Lipinski definition) is 2. The van der Waals surface area contributed by atoms with E-state index in [2.05, 4.69) is 10.6 Å². The summed E-state index contributed by atoms with van der Waals surface area (Å²) in [6, 6.07) is 0. The van der Waals surface area contributed by atoms with Gasteiger partial charge in [-0.05, 0) is 19.4 Å². The van der Waals surface area contributed by atoms with Gasteiger partial charge in [0.25, 0.3) is 0 Å². The first-order valence-corrected chi connectivity index (χ1v) is 7.10. The van der Waals surface area contributed by atoms with E-state index >= 15 is 0 Å². The minimum Gasteiger partial charge on any atom is -0.382 e. The van der Waals surface area contributed by atoms with E-state index < -0.39 is 11.8 Å². The predicted octanol–water partition coefficient (Wildman–Crippen LogP) is -1.02. The van der Waals surface area contributed by atoms with Crippen LogP contribution in [-0.2, 0) is 19.1 Å². The number of nitrogens with zero attached hydrogens (tertiary/aromatic N) is 1. The lowest BCUT2D eigenvalue weighted by Crippen LogP contribution is -2.44. The largest absolute Gasteiger partial charge is 0.382 e. The van der Waals surface area contributed by atoms with Gasteiger partial charge in [-0.3, -0.25) is 9.59 Å². The summed E-state index contributed by atoms with van der Waals surface area (Å²) < 4.78 is 10.1. The molecule has 0 saturated carbocycles. The zero-order valence-corrected chi connectivity index (χ0v) is 12.2. The van der Waals surface area contributed by atoms with Gasteiger partial charge in [-0.15, -0.1) is 0 Å². The van der Waals surface area contributed by atoms with E-state index in [1.807, 2.05) is 0 Å². The molecule has 0 spiro atoms. The molecule has 1 heterocycles. The van der Waals surface area contributed by atoms with Gasteiger partial charge in [0.2, 0.25) is 0 Å². The van der Waals surface area contributed by atoms with Crippen molar-refractivity contribution in [3.63, 3.8) is 0 Å². The lowest BCUT2D eigenvalue weighted by Gasteiger charge is -2.19. The molecule has 1 aliphatic rings. The van der Waals surface area contributed by atoms with Crippen LogP contribution >= 0.6 is 0 Å². The quantitative estimate of drug-likeness (QED) is 0.463. The van der Waals surface area contributed by atoms with Crippen molar-refractivity contribution in [1.82, 2.24) is 15.5 Å². The molecule has 1 fully saturated rings. The average Bonchev–Trinajstić information content (AvgIpc) is 2.74. The van der Waals surface area contributed by atoms with E-state index in [-0.39, 0.29) is 0 Å². The third-order valence-electron chi connectivity index (χ3n) is 3.00. The molecule has 1 aliphatic heterocycles. The summed E-state index contributed by atoms with van der Waals surface area (Å²) in [5, 5.41) is 5.82. The number of nitrogens with one attached hydrogen (secondary N) is 2. The maximum atomic E-state index is 11.9. The van der Waals surface area contributed by atoms with Gasteiger partial charge in [-0.1, -0.05) is 0 Å². The first-order chi connectivity index (χ1) is 9.75. The Bertz CT molecular complexity index is 291. The van der Waals surface area contributed by atoms with Gasteiger partial charge >= 0.3 is 11.8 Å². The molecule has 20 heavy (non-hydrogen) atoms. The Hall–Kier alpha value is -1.18. The van der Waals surface area contributed by atoms with Crippen molar-refractivity contribution < 1.29 is 19.1 Å². The zero-order valence-electron chi connectivity index (χ0n) is 12.2. The van der Waals surface area contributed by atoms with E-state index in [0.29, 0.717) is 45.9 Å². The van der Waals surface area contributed by atoms with Crippen LogP contribution in [0.3, 0.4) is 0 Å². The fourth-order valence-corrected chi connectivity index (χ4v) is 1.89. The van der Waals surface area contributed by atoms with Gasteiger partial charge in [0.05, 0.1) is 13.2 Å². The van der Waals surface area contributed by atoms with Crippen LogP contribution in [0.5, 0.6) is 0 Å². The molecule has 0 atom stereocenters. The van der Waals surface area contributed by atoms with Crippen molar-refractivity contribution in [3.8, 4) is 0 Å². The average molecular weight is 287 g/mol. The van der Waals surface area contributed by atoms with E-state index in [4.69, 9.17) is 9.47 Å². The Morgan fingerprint density at radius 2 is 2.05 bits per heavy atom. The molecule has 0 aliphatic carbocycles. The summed E-state index contributed by atoms with van der Waals surface area (Å²) in [6.45, 7) is 4.97. The number of rotatable bonds is 7. The van der Waals surface area contributed by atoms with Crippen LogP contribution in [0.15, 0.2) is 0 Å². The Kier molecular flexibility index (Phi) is 8.93. The molecule has 0 unspecified atom stereocenters.